The minimum atomic E-state index is 0.598. The first kappa shape index (κ1) is 8.09. The van der Waals surface area contributed by atoms with Gasteiger partial charge in [0.15, 0.2) is 5.13 Å². The molecule has 3 heteroatoms. The van der Waals surface area contributed by atoms with Gasteiger partial charge in [-0.1, -0.05) is 23.3 Å². The van der Waals surface area contributed by atoms with Gasteiger partial charge in [0.1, 0.15) is 0 Å². The van der Waals surface area contributed by atoms with Gasteiger partial charge >= 0.3 is 0 Å². The number of rotatable bonds is 0. The third-order valence-electron chi connectivity index (χ3n) is 1.70. The van der Waals surface area contributed by atoms with Crippen LogP contribution in [0.4, 0.5) is 5.13 Å². The molecule has 2 nitrogen and oxygen atoms in total. The van der Waals surface area contributed by atoms with Crippen LogP contribution in [0.25, 0.3) is 10.2 Å². The Morgan fingerprint density at radius 2 is 2.31 bits per heavy atom. The Kier molecular flexibility index (Phi) is 1.91. The van der Waals surface area contributed by atoms with E-state index in [4.69, 9.17) is 5.73 Å². The molecule has 0 aliphatic rings. The molecule has 0 bridgehead atoms. The summed E-state index contributed by atoms with van der Waals surface area (Å²) < 4.78 is 1.10. The van der Waals surface area contributed by atoms with Crippen LogP contribution in [-0.2, 0) is 0 Å². The van der Waals surface area contributed by atoms with Gasteiger partial charge in [0.05, 0.1) is 15.8 Å². The molecule has 2 aromatic rings. The highest BCUT2D eigenvalue weighted by atomic mass is 32.1. The molecular formula is C10H8N2S. The maximum atomic E-state index is 5.61. The van der Waals surface area contributed by atoms with Crippen molar-refractivity contribution in [3.63, 3.8) is 0 Å². The Morgan fingerprint density at radius 3 is 3.08 bits per heavy atom. The van der Waals surface area contributed by atoms with E-state index in [1.807, 2.05) is 25.1 Å². The van der Waals surface area contributed by atoms with E-state index in [1.54, 1.807) is 0 Å². The van der Waals surface area contributed by atoms with E-state index in [0.717, 1.165) is 15.8 Å². The van der Waals surface area contributed by atoms with Crippen molar-refractivity contribution >= 4 is 26.7 Å². The van der Waals surface area contributed by atoms with E-state index in [2.05, 4.69) is 16.8 Å². The van der Waals surface area contributed by atoms with E-state index in [0.29, 0.717) is 5.13 Å². The maximum absolute atomic E-state index is 5.61. The summed E-state index contributed by atoms with van der Waals surface area (Å²) in [5, 5.41) is 0.598. The summed E-state index contributed by atoms with van der Waals surface area (Å²) in [6.45, 7) is 1.81. The first-order valence-corrected chi connectivity index (χ1v) is 4.70. The molecule has 0 saturated carbocycles. The molecule has 0 atom stereocenters. The number of hydrogen-bond donors (Lipinski definition) is 1. The number of nitrogens with two attached hydrogens (primary N) is 1. The van der Waals surface area contributed by atoms with E-state index >= 15 is 0 Å². The summed E-state index contributed by atoms with van der Waals surface area (Å²) in [6.07, 6.45) is 0. The van der Waals surface area contributed by atoms with Crippen LogP contribution in [0.2, 0.25) is 0 Å². The third kappa shape index (κ3) is 1.36. The highest BCUT2D eigenvalue weighted by molar-refractivity contribution is 7.22. The lowest BCUT2D eigenvalue weighted by atomic mass is 10.2. The summed E-state index contributed by atoms with van der Waals surface area (Å²) in [5.41, 5.74) is 7.48. The predicted octanol–water partition coefficient (Wildman–Crippen LogP) is 2.25. The first-order chi connectivity index (χ1) is 6.31. The van der Waals surface area contributed by atoms with Gasteiger partial charge in [0, 0.05) is 0 Å². The Bertz CT molecular complexity index is 502. The van der Waals surface area contributed by atoms with Crippen LogP contribution in [0.5, 0.6) is 0 Å². The molecule has 1 aromatic heterocycles. The normalized spacial score (nSPS) is 9.62. The average Bonchev–Trinajstić information content (AvgIpc) is 2.47. The van der Waals surface area contributed by atoms with Crippen molar-refractivity contribution in [1.82, 2.24) is 4.98 Å². The van der Waals surface area contributed by atoms with Crippen molar-refractivity contribution in [2.45, 2.75) is 6.92 Å². The van der Waals surface area contributed by atoms with Crippen LogP contribution >= 0.6 is 11.3 Å². The standard InChI is InChI=1S/C10H8N2S/c1-2-4-7-5-3-6-8-9(7)12-10(11)13-8/h3,5-6H,1H3,(H2,11,12). The second kappa shape index (κ2) is 3.08. The second-order valence-electron chi connectivity index (χ2n) is 2.58. The molecule has 0 unspecified atom stereocenters. The molecule has 2 N–H and O–H groups in total. The molecule has 0 spiro atoms. The van der Waals surface area contributed by atoms with Crippen molar-refractivity contribution in [2.75, 3.05) is 5.73 Å². The number of para-hydroxylation sites is 1. The zero-order valence-electron chi connectivity index (χ0n) is 7.16. The van der Waals surface area contributed by atoms with Crippen molar-refractivity contribution in [1.29, 1.82) is 0 Å². The zero-order valence-corrected chi connectivity index (χ0v) is 7.98. The number of benzene rings is 1. The van der Waals surface area contributed by atoms with Gasteiger partial charge in [-0.05, 0) is 19.1 Å². The van der Waals surface area contributed by atoms with E-state index in [9.17, 15) is 0 Å². The summed E-state index contributed by atoms with van der Waals surface area (Å²) in [7, 11) is 0. The number of aromatic nitrogens is 1. The molecule has 0 fully saturated rings. The van der Waals surface area contributed by atoms with Gasteiger partial charge in [-0.3, -0.25) is 0 Å². The fraction of sp³-hybridized carbons (Fsp3) is 0.100. The van der Waals surface area contributed by atoms with Gasteiger partial charge in [-0.2, -0.15) is 0 Å². The van der Waals surface area contributed by atoms with Crippen LogP contribution in [0.3, 0.4) is 0 Å². The maximum Gasteiger partial charge on any atom is 0.181 e. The van der Waals surface area contributed by atoms with Crippen molar-refractivity contribution in [2.24, 2.45) is 0 Å². The number of nitrogen functional groups attached to an aromatic ring is 1. The molecule has 64 valence electrons. The number of fused-ring (bicyclic) bond motifs is 1. The Morgan fingerprint density at radius 1 is 1.46 bits per heavy atom. The smallest absolute Gasteiger partial charge is 0.181 e. The van der Waals surface area contributed by atoms with E-state index in [1.165, 1.54) is 11.3 Å². The van der Waals surface area contributed by atoms with Crippen LogP contribution in [0.1, 0.15) is 12.5 Å². The van der Waals surface area contributed by atoms with Gasteiger partial charge < -0.3 is 5.73 Å². The molecule has 1 heterocycles. The lowest BCUT2D eigenvalue weighted by Gasteiger charge is -1.90. The summed E-state index contributed by atoms with van der Waals surface area (Å²) in [6, 6.07) is 5.93. The summed E-state index contributed by atoms with van der Waals surface area (Å²) >= 11 is 1.49. The fourth-order valence-electron chi connectivity index (χ4n) is 1.20. The SMILES string of the molecule is CC#Cc1cccc2sc(N)nc12. The molecule has 0 radical (unpaired) electrons. The third-order valence-corrected chi connectivity index (χ3v) is 2.54. The largest absolute Gasteiger partial charge is 0.375 e. The van der Waals surface area contributed by atoms with Crippen LogP contribution in [0, 0.1) is 11.8 Å². The molecular weight excluding hydrogens is 180 g/mol. The predicted molar refractivity (Wildman–Crippen MR) is 56.6 cm³/mol. The Labute approximate surface area is 80.4 Å². The van der Waals surface area contributed by atoms with E-state index in [-0.39, 0.29) is 0 Å². The number of anilines is 1. The Hall–Kier alpha value is -1.53. The van der Waals surface area contributed by atoms with Gasteiger partial charge in [-0.25, -0.2) is 4.98 Å². The zero-order chi connectivity index (χ0) is 9.26. The summed E-state index contributed by atoms with van der Waals surface area (Å²) in [4.78, 5) is 4.23. The van der Waals surface area contributed by atoms with Gasteiger partial charge in [-0.15, -0.1) is 5.92 Å². The minimum Gasteiger partial charge on any atom is -0.375 e. The van der Waals surface area contributed by atoms with Crippen LogP contribution < -0.4 is 5.73 Å². The monoisotopic (exact) mass is 188 g/mol. The first-order valence-electron chi connectivity index (χ1n) is 3.89. The highest BCUT2D eigenvalue weighted by Gasteiger charge is 2.03. The molecule has 0 aliphatic heterocycles. The molecule has 0 aliphatic carbocycles. The quantitative estimate of drug-likeness (QED) is 0.644. The number of nitrogens with zero attached hydrogens (tertiary/aromatic N) is 1. The molecule has 0 amide bonds. The lowest BCUT2D eigenvalue weighted by molar-refractivity contribution is 1.48. The molecule has 2 rings (SSSR count). The molecule has 13 heavy (non-hydrogen) atoms. The topological polar surface area (TPSA) is 38.9 Å². The number of thiazole rings is 1. The van der Waals surface area contributed by atoms with Crippen molar-refractivity contribution < 1.29 is 0 Å². The Balaban J connectivity index is 2.79. The molecule has 1 aromatic carbocycles. The van der Waals surface area contributed by atoms with E-state index < -0.39 is 0 Å². The van der Waals surface area contributed by atoms with Gasteiger partial charge in [0.2, 0.25) is 0 Å². The van der Waals surface area contributed by atoms with Crippen LogP contribution in [0.15, 0.2) is 18.2 Å². The van der Waals surface area contributed by atoms with Crippen LogP contribution in [-0.4, -0.2) is 4.98 Å². The van der Waals surface area contributed by atoms with Crippen molar-refractivity contribution in [3.8, 4) is 11.8 Å². The minimum absolute atomic E-state index is 0.598. The molecule has 0 saturated heterocycles. The highest BCUT2D eigenvalue weighted by Crippen LogP contribution is 2.25. The van der Waals surface area contributed by atoms with Gasteiger partial charge in [0.25, 0.3) is 0 Å². The number of hydrogen-bond acceptors (Lipinski definition) is 3. The second-order valence-corrected chi connectivity index (χ2v) is 3.64. The fourth-order valence-corrected chi connectivity index (χ4v) is 1.96. The average molecular weight is 188 g/mol. The summed E-state index contributed by atoms with van der Waals surface area (Å²) in [5.74, 6) is 5.86. The lowest BCUT2D eigenvalue weighted by Crippen LogP contribution is -1.81. The van der Waals surface area contributed by atoms with Crippen molar-refractivity contribution in [3.05, 3.63) is 23.8 Å².